The van der Waals surface area contributed by atoms with Crippen molar-refractivity contribution >= 4 is 29.9 Å². The summed E-state index contributed by atoms with van der Waals surface area (Å²) in [6.45, 7) is 2.69. The van der Waals surface area contributed by atoms with Gasteiger partial charge >= 0.3 is 0 Å². The third-order valence-electron chi connectivity index (χ3n) is 3.32. The number of hydrogen-bond donors (Lipinski definition) is 2. The highest BCUT2D eigenvalue weighted by Gasteiger charge is 2.15. The van der Waals surface area contributed by atoms with Gasteiger partial charge in [0.1, 0.15) is 0 Å². The molecule has 2 N–H and O–H groups in total. The van der Waals surface area contributed by atoms with Crippen LogP contribution in [0.4, 0.5) is 0 Å². The quantitative estimate of drug-likeness (QED) is 0.480. The van der Waals surface area contributed by atoms with Crippen LogP contribution < -0.4 is 10.6 Å². The molecule has 108 valence electrons. The Kier molecular flexibility index (Phi) is 7.19. The third kappa shape index (κ3) is 5.00. The maximum atomic E-state index is 5.23. The van der Waals surface area contributed by atoms with Crippen molar-refractivity contribution in [1.82, 2.24) is 15.8 Å². The number of hydrogen-bond acceptors (Lipinski definition) is 3. The van der Waals surface area contributed by atoms with Crippen molar-refractivity contribution < 1.29 is 4.52 Å². The highest BCUT2D eigenvalue weighted by Crippen LogP contribution is 2.17. The molecule has 0 bridgehead atoms. The molecule has 0 radical (unpaired) electrons. The summed E-state index contributed by atoms with van der Waals surface area (Å²) in [6.07, 6.45) is 6.01. The molecule has 6 heteroatoms. The zero-order valence-electron chi connectivity index (χ0n) is 11.6. The molecule has 1 heterocycles. The first kappa shape index (κ1) is 16.3. The van der Waals surface area contributed by atoms with Crippen LogP contribution in [0, 0.1) is 0 Å². The Morgan fingerprint density at radius 2 is 2.21 bits per heavy atom. The van der Waals surface area contributed by atoms with Gasteiger partial charge < -0.3 is 15.2 Å². The van der Waals surface area contributed by atoms with Gasteiger partial charge in [-0.1, -0.05) is 24.9 Å². The molecule has 1 aromatic heterocycles. The van der Waals surface area contributed by atoms with Crippen LogP contribution in [0.5, 0.6) is 0 Å². The van der Waals surface area contributed by atoms with E-state index in [4.69, 9.17) is 4.52 Å². The molecule has 0 spiro atoms. The van der Waals surface area contributed by atoms with Gasteiger partial charge in [-0.15, -0.1) is 24.0 Å². The summed E-state index contributed by atoms with van der Waals surface area (Å²) in [6, 6.07) is 2.55. The number of aliphatic imine (C=N–C) groups is 1. The number of halogens is 1. The first-order chi connectivity index (χ1) is 8.81. The summed E-state index contributed by atoms with van der Waals surface area (Å²) >= 11 is 0. The number of guanidine groups is 1. The smallest absolute Gasteiger partial charge is 0.191 e. The molecule has 1 aliphatic carbocycles. The summed E-state index contributed by atoms with van der Waals surface area (Å²) in [4.78, 5) is 4.23. The molecule has 1 aromatic rings. The Bertz CT molecular complexity index is 399. The van der Waals surface area contributed by atoms with Gasteiger partial charge in [0, 0.05) is 19.2 Å². The molecule has 0 unspecified atom stereocenters. The van der Waals surface area contributed by atoms with Gasteiger partial charge in [0.2, 0.25) is 0 Å². The summed E-state index contributed by atoms with van der Waals surface area (Å²) in [5, 5.41) is 10.7. The van der Waals surface area contributed by atoms with Gasteiger partial charge in [-0.25, -0.2) is 0 Å². The van der Waals surface area contributed by atoms with Crippen LogP contribution in [0.1, 0.15) is 44.1 Å². The van der Waals surface area contributed by atoms with E-state index in [1.165, 1.54) is 25.7 Å². The molecule has 1 fully saturated rings. The first-order valence-electron chi connectivity index (χ1n) is 6.73. The maximum absolute atomic E-state index is 5.23. The monoisotopic (exact) mass is 378 g/mol. The van der Waals surface area contributed by atoms with Crippen molar-refractivity contribution in [2.24, 2.45) is 4.99 Å². The minimum absolute atomic E-state index is 0. The summed E-state index contributed by atoms with van der Waals surface area (Å²) in [5.74, 6) is 1.69. The first-order valence-corrected chi connectivity index (χ1v) is 6.73. The molecule has 5 nitrogen and oxygen atoms in total. The van der Waals surface area contributed by atoms with Gasteiger partial charge in [0.15, 0.2) is 11.7 Å². The third-order valence-corrected chi connectivity index (χ3v) is 3.32. The van der Waals surface area contributed by atoms with E-state index in [0.29, 0.717) is 12.6 Å². The molecular formula is C13H23IN4O. The fourth-order valence-corrected chi connectivity index (χ4v) is 2.23. The number of nitrogens with one attached hydrogen (secondary N) is 2. The van der Waals surface area contributed by atoms with Gasteiger partial charge in [-0.2, -0.15) is 0 Å². The summed E-state index contributed by atoms with van der Waals surface area (Å²) < 4.78 is 5.23. The number of nitrogens with zero attached hydrogens (tertiary/aromatic N) is 2. The molecule has 0 aromatic carbocycles. The lowest BCUT2D eigenvalue weighted by Gasteiger charge is -2.15. The van der Waals surface area contributed by atoms with E-state index in [1.54, 1.807) is 7.05 Å². The van der Waals surface area contributed by atoms with Crippen LogP contribution in [0.15, 0.2) is 15.6 Å². The molecule has 19 heavy (non-hydrogen) atoms. The van der Waals surface area contributed by atoms with E-state index in [-0.39, 0.29) is 24.0 Å². The second-order valence-electron chi connectivity index (χ2n) is 4.69. The van der Waals surface area contributed by atoms with E-state index in [1.807, 2.05) is 6.07 Å². The number of aromatic nitrogens is 1. The van der Waals surface area contributed by atoms with Crippen molar-refractivity contribution in [3.8, 4) is 0 Å². The number of aryl methyl sites for hydroxylation is 1. The standard InChI is InChI=1S/C13H22N4O.HI/c1-3-10-8-12(18-17-10)9-15-13(14-2)16-11-6-4-5-7-11;/h8,11H,3-7,9H2,1-2H3,(H2,14,15,16);1H. The maximum Gasteiger partial charge on any atom is 0.191 e. The van der Waals surface area contributed by atoms with Gasteiger partial charge in [-0.05, 0) is 19.3 Å². The SMILES string of the molecule is CCc1cc(CNC(=NC)NC2CCCC2)on1.I. The highest BCUT2D eigenvalue weighted by molar-refractivity contribution is 14.0. The Balaban J connectivity index is 0.00000180. The van der Waals surface area contributed by atoms with Gasteiger partial charge in [-0.3, -0.25) is 4.99 Å². The van der Waals surface area contributed by atoms with E-state index in [2.05, 4.69) is 27.7 Å². The van der Waals surface area contributed by atoms with Crippen molar-refractivity contribution in [1.29, 1.82) is 0 Å². The van der Waals surface area contributed by atoms with Crippen molar-refractivity contribution in [2.75, 3.05) is 7.05 Å². The van der Waals surface area contributed by atoms with Crippen LogP contribution in [0.25, 0.3) is 0 Å². The molecular weight excluding hydrogens is 355 g/mol. The van der Waals surface area contributed by atoms with E-state index >= 15 is 0 Å². The second kappa shape index (κ2) is 8.39. The summed E-state index contributed by atoms with van der Waals surface area (Å²) in [5.41, 5.74) is 0.991. The fraction of sp³-hybridized carbons (Fsp3) is 0.692. The predicted octanol–water partition coefficient (Wildman–Crippen LogP) is 2.46. The van der Waals surface area contributed by atoms with Crippen LogP contribution >= 0.6 is 24.0 Å². The topological polar surface area (TPSA) is 62.5 Å². The lowest BCUT2D eigenvalue weighted by Crippen LogP contribution is -2.41. The van der Waals surface area contributed by atoms with E-state index < -0.39 is 0 Å². The average molecular weight is 378 g/mol. The Labute approximate surface area is 131 Å². The second-order valence-corrected chi connectivity index (χ2v) is 4.69. The number of rotatable bonds is 4. The Hall–Kier alpha value is -0.790. The summed E-state index contributed by atoms with van der Waals surface area (Å²) in [7, 11) is 1.79. The largest absolute Gasteiger partial charge is 0.359 e. The van der Waals surface area contributed by atoms with Crippen LogP contribution in [-0.2, 0) is 13.0 Å². The lowest BCUT2D eigenvalue weighted by molar-refractivity contribution is 0.374. The Morgan fingerprint density at radius 1 is 1.47 bits per heavy atom. The molecule has 2 rings (SSSR count). The fourth-order valence-electron chi connectivity index (χ4n) is 2.23. The van der Waals surface area contributed by atoms with Crippen molar-refractivity contribution in [3.63, 3.8) is 0 Å². The lowest BCUT2D eigenvalue weighted by atomic mass is 10.2. The minimum atomic E-state index is 0. The van der Waals surface area contributed by atoms with Crippen LogP contribution in [-0.4, -0.2) is 24.2 Å². The van der Waals surface area contributed by atoms with Crippen molar-refractivity contribution in [3.05, 3.63) is 17.5 Å². The zero-order chi connectivity index (χ0) is 12.8. The van der Waals surface area contributed by atoms with Crippen LogP contribution in [0.3, 0.4) is 0 Å². The molecule has 0 amide bonds. The normalized spacial score (nSPS) is 16.2. The highest BCUT2D eigenvalue weighted by atomic mass is 127. The van der Waals surface area contributed by atoms with Gasteiger partial charge in [0.05, 0.1) is 12.2 Å². The minimum Gasteiger partial charge on any atom is -0.359 e. The van der Waals surface area contributed by atoms with E-state index in [9.17, 15) is 0 Å². The molecule has 1 aliphatic rings. The van der Waals surface area contributed by atoms with Crippen LogP contribution in [0.2, 0.25) is 0 Å². The molecule has 1 saturated carbocycles. The molecule has 0 saturated heterocycles. The molecule has 0 aliphatic heterocycles. The van der Waals surface area contributed by atoms with Crippen molar-refractivity contribution in [2.45, 2.75) is 51.6 Å². The van der Waals surface area contributed by atoms with Gasteiger partial charge in [0.25, 0.3) is 0 Å². The Morgan fingerprint density at radius 3 is 2.79 bits per heavy atom. The van der Waals surface area contributed by atoms with E-state index in [0.717, 1.165) is 23.8 Å². The molecule has 0 atom stereocenters. The predicted molar refractivity (Wildman–Crippen MR) is 86.9 cm³/mol. The average Bonchev–Trinajstić information content (AvgIpc) is 3.05. The zero-order valence-corrected chi connectivity index (χ0v) is 13.9.